The molecular formula is C33H21N3. The van der Waals surface area contributed by atoms with Crippen molar-refractivity contribution in [2.45, 2.75) is 6.92 Å². The molecule has 5 aromatic carbocycles. The van der Waals surface area contributed by atoms with Crippen LogP contribution in [0.1, 0.15) is 11.1 Å². The third kappa shape index (κ3) is 3.43. The Hall–Kier alpha value is -5.12. The lowest BCUT2D eigenvalue weighted by Crippen LogP contribution is -1.99. The van der Waals surface area contributed by atoms with Crippen LogP contribution in [0.2, 0.25) is 0 Å². The maximum atomic E-state index is 10.0. The molecule has 0 aliphatic heterocycles. The molecule has 0 aliphatic carbocycles. The van der Waals surface area contributed by atoms with E-state index in [0.29, 0.717) is 16.9 Å². The highest BCUT2D eigenvalue weighted by Crippen LogP contribution is 2.40. The topological polar surface area (TPSA) is 33.1 Å². The highest BCUT2D eigenvalue weighted by atomic mass is 15.0. The van der Waals surface area contributed by atoms with Crippen LogP contribution in [0.4, 0.5) is 5.69 Å². The number of hydrogen-bond donors (Lipinski definition) is 0. The summed E-state index contributed by atoms with van der Waals surface area (Å²) in [6.07, 6.45) is 0. The molecule has 0 N–H and O–H groups in total. The van der Waals surface area contributed by atoms with Crippen LogP contribution >= 0.6 is 0 Å². The van der Waals surface area contributed by atoms with E-state index in [0.717, 1.165) is 49.6 Å². The molecule has 6 aromatic rings. The molecule has 0 unspecified atom stereocenters. The summed E-state index contributed by atoms with van der Waals surface area (Å²) in [5, 5.41) is 12.2. The standard InChI is InChI=1S/C33H21N3/c1-22-17-27(21-34)33(30(18-22)35-2)36-31-15-13-25(23-9-5-3-6-10-23)19-28(31)29-20-26(14-16-32(29)36)24-11-7-4-8-12-24/h3-20H,1H3. The van der Waals surface area contributed by atoms with E-state index in [1.807, 2.05) is 55.5 Å². The van der Waals surface area contributed by atoms with Crippen molar-refractivity contribution in [3.8, 4) is 34.0 Å². The molecule has 0 bridgehead atoms. The monoisotopic (exact) mass is 459 g/mol. The average Bonchev–Trinajstić information content (AvgIpc) is 3.26. The normalized spacial score (nSPS) is 10.9. The van der Waals surface area contributed by atoms with Crippen LogP contribution in [0.15, 0.2) is 109 Å². The van der Waals surface area contributed by atoms with Crippen molar-refractivity contribution in [1.82, 2.24) is 4.57 Å². The lowest BCUT2D eigenvalue weighted by atomic mass is 10.0. The predicted octanol–water partition coefficient (Wildman–Crippen LogP) is 8.85. The lowest BCUT2D eigenvalue weighted by molar-refractivity contribution is 1.17. The first-order valence-electron chi connectivity index (χ1n) is 11.8. The van der Waals surface area contributed by atoms with Crippen LogP contribution < -0.4 is 0 Å². The number of nitrogens with zero attached hydrogens (tertiary/aromatic N) is 3. The zero-order valence-electron chi connectivity index (χ0n) is 19.7. The minimum Gasteiger partial charge on any atom is -0.318 e. The second kappa shape index (κ2) is 8.58. The van der Waals surface area contributed by atoms with Crippen LogP contribution in [0.5, 0.6) is 0 Å². The van der Waals surface area contributed by atoms with E-state index in [1.165, 1.54) is 0 Å². The molecule has 1 heterocycles. The molecule has 168 valence electrons. The Labute approximate surface area is 209 Å². The van der Waals surface area contributed by atoms with Crippen molar-refractivity contribution in [3.05, 3.63) is 132 Å². The summed E-state index contributed by atoms with van der Waals surface area (Å²) in [7, 11) is 0. The summed E-state index contributed by atoms with van der Waals surface area (Å²) in [4.78, 5) is 3.82. The van der Waals surface area contributed by atoms with Crippen molar-refractivity contribution >= 4 is 27.5 Å². The van der Waals surface area contributed by atoms with E-state index in [2.05, 4.69) is 76.1 Å². The van der Waals surface area contributed by atoms with E-state index >= 15 is 0 Å². The first-order valence-corrected chi connectivity index (χ1v) is 11.8. The van der Waals surface area contributed by atoms with Gasteiger partial charge < -0.3 is 4.57 Å². The molecule has 0 radical (unpaired) electrons. The zero-order chi connectivity index (χ0) is 24.6. The zero-order valence-corrected chi connectivity index (χ0v) is 19.7. The van der Waals surface area contributed by atoms with Gasteiger partial charge in [0.15, 0.2) is 0 Å². The van der Waals surface area contributed by atoms with Gasteiger partial charge in [0, 0.05) is 10.8 Å². The first kappa shape index (κ1) is 21.4. The van der Waals surface area contributed by atoms with E-state index in [1.54, 1.807) is 0 Å². The van der Waals surface area contributed by atoms with Gasteiger partial charge in [0.05, 0.1) is 34.9 Å². The van der Waals surface area contributed by atoms with E-state index < -0.39 is 0 Å². The molecule has 36 heavy (non-hydrogen) atoms. The summed E-state index contributed by atoms with van der Waals surface area (Å²) in [6.45, 7) is 9.79. The Morgan fingerprint density at radius 2 is 1.19 bits per heavy atom. The van der Waals surface area contributed by atoms with Gasteiger partial charge in [-0.2, -0.15) is 5.26 Å². The SMILES string of the molecule is [C-]#[N+]c1cc(C)cc(C#N)c1-n1c2ccc(-c3ccccc3)cc2c2cc(-c3ccccc3)ccc21. The van der Waals surface area contributed by atoms with Gasteiger partial charge >= 0.3 is 0 Å². The Kier molecular flexibility index (Phi) is 5.11. The number of aromatic nitrogens is 1. The smallest absolute Gasteiger partial charge is 0.212 e. The van der Waals surface area contributed by atoms with E-state index in [4.69, 9.17) is 6.57 Å². The number of fused-ring (bicyclic) bond motifs is 3. The number of aryl methyl sites for hydroxylation is 1. The van der Waals surface area contributed by atoms with Crippen molar-refractivity contribution in [1.29, 1.82) is 5.26 Å². The summed E-state index contributed by atoms with van der Waals surface area (Å²) in [5.74, 6) is 0. The third-order valence-electron chi connectivity index (χ3n) is 6.68. The highest BCUT2D eigenvalue weighted by molar-refractivity contribution is 6.12. The largest absolute Gasteiger partial charge is 0.318 e. The minimum absolute atomic E-state index is 0.477. The van der Waals surface area contributed by atoms with Gasteiger partial charge in [-0.15, -0.1) is 0 Å². The second-order valence-electron chi connectivity index (χ2n) is 8.94. The fourth-order valence-electron chi connectivity index (χ4n) is 5.05. The number of hydrogen-bond acceptors (Lipinski definition) is 1. The molecule has 0 saturated carbocycles. The van der Waals surface area contributed by atoms with Crippen LogP contribution in [-0.2, 0) is 0 Å². The molecule has 3 nitrogen and oxygen atoms in total. The van der Waals surface area contributed by atoms with Crippen molar-refractivity contribution in [2.75, 3.05) is 0 Å². The van der Waals surface area contributed by atoms with Crippen LogP contribution in [0.3, 0.4) is 0 Å². The van der Waals surface area contributed by atoms with Crippen LogP contribution in [-0.4, -0.2) is 4.57 Å². The molecule has 0 spiro atoms. The molecule has 0 fully saturated rings. The van der Waals surface area contributed by atoms with Crippen LogP contribution in [0, 0.1) is 24.8 Å². The molecule has 0 atom stereocenters. The van der Waals surface area contributed by atoms with Crippen molar-refractivity contribution in [2.24, 2.45) is 0 Å². The quantitative estimate of drug-likeness (QED) is 0.243. The fourth-order valence-corrected chi connectivity index (χ4v) is 5.05. The molecule has 3 heteroatoms. The van der Waals surface area contributed by atoms with E-state index in [9.17, 15) is 5.26 Å². The summed E-state index contributed by atoms with van der Waals surface area (Å²) in [6, 6.07) is 39.6. The first-order chi connectivity index (χ1) is 17.7. The lowest BCUT2D eigenvalue weighted by Gasteiger charge is -2.13. The molecule has 0 aliphatic rings. The van der Waals surface area contributed by atoms with Gasteiger partial charge in [0.2, 0.25) is 5.69 Å². The summed E-state index contributed by atoms with van der Waals surface area (Å²) in [5.41, 5.74) is 9.01. The number of nitriles is 1. The Morgan fingerprint density at radius 3 is 1.67 bits per heavy atom. The van der Waals surface area contributed by atoms with Gasteiger partial charge in [0.25, 0.3) is 0 Å². The van der Waals surface area contributed by atoms with E-state index in [-0.39, 0.29) is 0 Å². The van der Waals surface area contributed by atoms with Crippen molar-refractivity contribution < 1.29 is 0 Å². The maximum absolute atomic E-state index is 10.0. The highest BCUT2D eigenvalue weighted by Gasteiger charge is 2.19. The minimum atomic E-state index is 0.477. The Bertz CT molecular complexity index is 1720. The number of rotatable bonds is 3. The van der Waals surface area contributed by atoms with Gasteiger partial charge in [-0.1, -0.05) is 84.4 Å². The summed E-state index contributed by atoms with van der Waals surface area (Å²) < 4.78 is 2.08. The second-order valence-corrected chi connectivity index (χ2v) is 8.94. The van der Waals surface area contributed by atoms with Crippen molar-refractivity contribution in [3.63, 3.8) is 0 Å². The molecule has 1 aromatic heterocycles. The van der Waals surface area contributed by atoms with Crippen LogP contribution in [0.25, 0.3) is 54.6 Å². The Morgan fingerprint density at radius 1 is 0.667 bits per heavy atom. The molecular weight excluding hydrogens is 438 g/mol. The van der Waals surface area contributed by atoms with Gasteiger partial charge in [0.1, 0.15) is 0 Å². The van der Waals surface area contributed by atoms with Gasteiger partial charge in [-0.05, 0) is 59.5 Å². The number of benzene rings is 5. The molecule has 6 rings (SSSR count). The third-order valence-corrected chi connectivity index (χ3v) is 6.68. The molecule has 0 amide bonds. The molecule has 0 saturated heterocycles. The Balaban J connectivity index is 1.73. The average molecular weight is 460 g/mol. The van der Waals surface area contributed by atoms with Gasteiger partial charge in [-0.3, -0.25) is 0 Å². The fraction of sp³-hybridized carbons (Fsp3) is 0.0303. The summed E-state index contributed by atoms with van der Waals surface area (Å²) >= 11 is 0. The predicted molar refractivity (Wildman–Crippen MR) is 147 cm³/mol. The maximum Gasteiger partial charge on any atom is 0.212 e. The van der Waals surface area contributed by atoms with Gasteiger partial charge in [-0.25, -0.2) is 4.85 Å².